The van der Waals surface area contributed by atoms with Crippen LogP contribution < -0.4 is 0 Å². The molecule has 0 unspecified atom stereocenters. The van der Waals surface area contributed by atoms with Crippen LogP contribution in [-0.4, -0.2) is 9.78 Å². The average molecular weight is 212 g/mol. The second-order valence-corrected chi connectivity index (χ2v) is 4.15. The van der Waals surface area contributed by atoms with E-state index in [4.69, 9.17) is 0 Å². The van der Waals surface area contributed by atoms with Gasteiger partial charge in [-0.25, -0.2) is 4.68 Å². The van der Waals surface area contributed by atoms with E-state index >= 15 is 0 Å². The minimum atomic E-state index is 0.589. The molecule has 1 aromatic heterocycles. The van der Waals surface area contributed by atoms with Crippen molar-refractivity contribution in [3.8, 4) is 5.69 Å². The van der Waals surface area contributed by atoms with Crippen LogP contribution in [0.2, 0.25) is 0 Å². The number of allylic oxidation sites excluding steroid dienone is 1. The van der Waals surface area contributed by atoms with E-state index in [1.54, 1.807) is 6.20 Å². The van der Waals surface area contributed by atoms with E-state index < -0.39 is 0 Å². The summed E-state index contributed by atoms with van der Waals surface area (Å²) in [5, 5.41) is 4.19. The van der Waals surface area contributed by atoms with Crippen molar-refractivity contribution in [3.05, 3.63) is 54.4 Å². The number of nitrogens with zero attached hydrogens (tertiary/aromatic N) is 2. The van der Waals surface area contributed by atoms with Crippen LogP contribution in [0, 0.1) is 5.92 Å². The summed E-state index contributed by atoms with van der Waals surface area (Å²) in [5.74, 6) is 0.589. The van der Waals surface area contributed by atoms with Crippen molar-refractivity contribution in [1.82, 2.24) is 9.78 Å². The fraction of sp³-hybridized carbons (Fsp3) is 0.214. The molecule has 1 aromatic carbocycles. The van der Waals surface area contributed by atoms with E-state index in [1.165, 1.54) is 5.56 Å². The van der Waals surface area contributed by atoms with Gasteiger partial charge in [0, 0.05) is 12.4 Å². The molecule has 0 bridgehead atoms. The van der Waals surface area contributed by atoms with Gasteiger partial charge in [0.25, 0.3) is 0 Å². The number of hydrogen-bond acceptors (Lipinski definition) is 1. The number of aromatic nitrogens is 2. The van der Waals surface area contributed by atoms with Crippen LogP contribution in [0.3, 0.4) is 0 Å². The third kappa shape index (κ3) is 2.60. The first-order chi connectivity index (χ1) is 7.75. The van der Waals surface area contributed by atoms with E-state index in [2.05, 4.69) is 55.4 Å². The highest BCUT2D eigenvalue weighted by molar-refractivity contribution is 5.51. The molecule has 2 aromatic rings. The smallest absolute Gasteiger partial charge is 0.0645 e. The SMILES string of the molecule is CC(C)/C=C/c1ccc(-n2cccn2)cc1. The maximum absolute atomic E-state index is 4.19. The van der Waals surface area contributed by atoms with E-state index in [9.17, 15) is 0 Å². The Morgan fingerprint density at radius 1 is 1.19 bits per heavy atom. The van der Waals surface area contributed by atoms with Crippen LogP contribution in [0.15, 0.2) is 48.8 Å². The molecule has 1 heterocycles. The van der Waals surface area contributed by atoms with Gasteiger partial charge in [-0.15, -0.1) is 0 Å². The van der Waals surface area contributed by atoms with Crippen molar-refractivity contribution < 1.29 is 0 Å². The first-order valence-corrected chi connectivity index (χ1v) is 5.54. The maximum atomic E-state index is 4.19. The third-order valence-electron chi connectivity index (χ3n) is 2.34. The lowest BCUT2D eigenvalue weighted by Crippen LogP contribution is -1.93. The summed E-state index contributed by atoms with van der Waals surface area (Å²) in [7, 11) is 0. The van der Waals surface area contributed by atoms with Gasteiger partial charge in [0.1, 0.15) is 0 Å². The van der Waals surface area contributed by atoms with Gasteiger partial charge < -0.3 is 0 Å². The summed E-state index contributed by atoms with van der Waals surface area (Å²) >= 11 is 0. The quantitative estimate of drug-likeness (QED) is 0.761. The molecule has 82 valence electrons. The van der Waals surface area contributed by atoms with Crippen LogP contribution in [0.5, 0.6) is 0 Å². The molecule has 2 heteroatoms. The molecule has 0 radical (unpaired) electrons. The number of benzene rings is 1. The van der Waals surface area contributed by atoms with Crippen LogP contribution in [0.4, 0.5) is 0 Å². The Morgan fingerprint density at radius 2 is 1.94 bits per heavy atom. The maximum Gasteiger partial charge on any atom is 0.0645 e. The predicted molar refractivity (Wildman–Crippen MR) is 67.4 cm³/mol. The highest BCUT2D eigenvalue weighted by atomic mass is 15.3. The fourth-order valence-corrected chi connectivity index (χ4v) is 1.46. The fourth-order valence-electron chi connectivity index (χ4n) is 1.46. The van der Waals surface area contributed by atoms with Crippen LogP contribution in [0.1, 0.15) is 19.4 Å². The zero-order valence-electron chi connectivity index (χ0n) is 9.67. The van der Waals surface area contributed by atoms with Gasteiger partial charge in [0.15, 0.2) is 0 Å². The first-order valence-electron chi connectivity index (χ1n) is 5.54. The van der Waals surface area contributed by atoms with Gasteiger partial charge in [0.2, 0.25) is 0 Å². The Morgan fingerprint density at radius 3 is 2.50 bits per heavy atom. The monoisotopic (exact) mass is 212 g/mol. The molecular weight excluding hydrogens is 196 g/mol. The summed E-state index contributed by atoms with van der Waals surface area (Å²) in [6.45, 7) is 4.35. The Bertz CT molecular complexity index is 450. The molecule has 16 heavy (non-hydrogen) atoms. The van der Waals surface area contributed by atoms with Crippen molar-refractivity contribution in [3.63, 3.8) is 0 Å². The second-order valence-electron chi connectivity index (χ2n) is 4.15. The Labute approximate surface area is 96.2 Å². The lowest BCUT2D eigenvalue weighted by molar-refractivity contribution is 0.836. The summed E-state index contributed by atoms with van der Waals surface area (Å²) in [6.07, 6.45) is 8.08. The number of rotatable bonds is 3. The normalized spacial score (nSPS) is 11.4. The minimum Gasteiger partial charge on any atom is -0.241 e. The molecule has 0 aliphatic carbocycles. The third-order valence-corrected chi connectivity index (χ3v) is 2.34. The van der Waals surface area contributed by atoms with Gasteiger partial charge >= 0.3 is 0 Å². The van der Waals surface area contributed by atoms with Crippen molar-refractivity contribution in [2.45, 2.75) is 13.8 Å². The average Bonchev–Trinajstić information content (AvgIpc) is 2.80. The molecule has 0 N–H and O–H groups in total. The topological polar surface area (TPSA) is 17.8 Å². The van der Waals surface area contributed by atoms with E-state index in [0.29, 0.717) is 5.92 Å². The van der Waals surface area contributed by atoms with E-state index in [0.717, 1.165) is 5.69 Å². The van der Waals surface area contributed by atoms with Gasteiger partial charge in [0.05, 0.1) is 5.69 Å². The molecule has 0 atom stereocenters. The van der Waals surface area contributed by atoms with Crippen molar-refractivity contribution in [1.29, 1.82) is 0 Å². The highest BCUT2D eigenvalue weighted by Gasteiger charge is 1.94. The zero-order valence-corrected chi connectivity index (χ0v) is 9.67. The Hall–Kier alpha value is -1.83. The summed E-state index contributed by atoms with van der Waals surface area (Å²) < 4.78 is 1.86. The van der Waals surface area contributed by atoms with Crippen LogP contribution in [0.25, 0.3) is 11.8 Å². The molecule has 0 saturated carbocycles. The molecule has 0 aliphatic rings. The van der Waals surface area contributed by atoms with E-state index in [1.807, 2.05) is 16.9 Å². The Balaban J connectivity index is 2.17. The zero-order chi connectivity index (χ0) is 11.4. The molecule has 2 rings (SSSR count). The molecule has 2 nitrogen and oxygen atoms in total. The van der Waals surface area contributed by atoms with E-state index in [-0.39, 0.29) is 0 Å². The summed E-state index contributed by atoms with van der Waals surface area (Å²) in [6, 6.07) is 10.3. The lowest BCUT2D eigenvalue weighted by atomic mass is 10.1. The van der Waals surface area contributed by atoms with Gasteiger partial charge in [-0.3, -0.25) is 0 Å². The summed E-state index contributed by atoms with van der Waals surface area (Å²) in [5.41, 5.74) is 2.32. The minimum absolute atomic E-state index is 0.589. The van der Waals surface area contributed by atoms with Crippen molar-refractivity contribution >= 4 is 6.08 Å². The van der Waals surface area contributed by atoms with Crippen LogP contribution >= 0.6 is 0 Å². The second kappa shape index (κ2) is 4.79. The standard InChI is InChI=1S/C14H16N2/c1-12(2)4-5-13-6-8-14(9-7-13)16-11-3-10-15-16/h3-12H,1-2H3/b5-4+. The molecule has 0 amide bonds. The Kier molecular flexibility index (Phi) is 3.20. The predicted octanol–water partition coefficient (Wildman–Crippen LogP) is 3.54. The van der Waals surface area contributed by atoms with Crippen molar-refractivity contribution in [2.24, 2.45) is 5.92 Å². The molecule has 0 spiro atoms. The first kappa shape index (κ1) is 10.7. The number of hydrogen-bond donors (Lipinski definition) is 0. The molecule has 0 saturated heterocycles. The molecule has 0 fully saturated rings. The molecule has 0 aliphatic heterocycles. The van der Waals surface area contributed by atoms with Gasteiger partial charge in [-0.2, -0.15) is 5.10 Å². The summed E-state index contributed by atoms with van der Waals surface area (Å²) in [4.78, 5) is 0. The molecular formula is C14H16N2. The highest BCUT2D eigenvalue weighted by Crippen LogP contribution is 2.10. The van der Waals surface area contributed by atoms with Gasteiger partial charge in [-0.05, 0) is 29.7 Å². The largest absolute Gasteiger partial charge is 0.241 e. The van der Waals surface area contributed by atoms with Crippen LogP contribution in [-0.2, 0) is 0 Å². The lowest BCUT2D eigenvalue weighted by Gasteiger charge is -2.01. The van der Waals surface area contributed by atoms with Gasteiger partial charge in [-0.1, -0.05) is 38.1 Å². The van der Waals surface area contributed by atoms with Crippen molar-refractivity contribution in [2.75, 3.05) is 0 Å².